The summed E-state index contributed by atoms with van der Waals surface area (Å²) in [7, 11) is 0. The van der Waals surface area contributed by atoms with Gasteiger partial charge in [-0.2, -0.15) is 0 Å². The topological polar surface area (TPSA) is 41.9 Å². The molecular formula is C19H27NO3. The van der Waals surface area contributed by atoms with Crippen molar-refractivity contribution in [3.63, 3.8) is 0 Å². The van der Waals surface area contributed by atoms with Gasteiger partial charge in [0.25, 0.3) is 0 Å². The predicted octanol–water partition coefficient (Wildman–Crippen LogP) is 1.99. The molecule has 2 unspecified atom stereocenters. The van der Waals surface area contributed by atoms with Crippen LogP contribution in [0, 0.1) is 19.3 Å². The Morgan fingerprint density at radius 3 is 2.87 bits per heavy atom. The number of aliphatic hydroxyl groups is 1. The second-order valence-corrected chi connectivity index (χ2v) is 6.19. The molecule has 0 spiro atoms. The van der Waals surface area contributed by atoms with Gasteiger partial charge in [-0.05, 0) is 25.3 Å². The number of hydrogen-bond acceptors (Lipinski definition) is 4. The van der Waals surface area contributed by atoms with E-state index in [2.05, 4.69) is 42.0 Å². The lowest BCUT2D eigenvalue weighted by Gasteiger charge is -2.27. The highest BCUT2D eigenvalue weighted by atomic mass is 16.5. The number of nitrogens with zero attached hydrogens (tertiary/aromatic N) is 1. The van der Waals surface area contributed by atoms with E-state index in [0.717, 1.165) is 32.5 Å². The summed E-state index contributed by atoms with van der Waals surface area (Å²) in [5.41, 5.74) is 2.49. The van der Waals surface area contributed by atoms with Gasteiger partial charge in [0.1, 0.15) is 6.61 Å². The number of hydrogen-bond donors (Lipinski definition) is 1. The van der Waals surface area contributed by atoms with Crippen molar-refractivity contribution < 1.29 is 14.6 Å². The van der Waals surface area contributed by atoms with Gasteiger partial charge in [0.2, 0.25) is 0 Å². The quantitative estimate of drug-likeness (QED) is 0.559. The van der Waals surface area contributed by atoms with Gasteiger partial charge in [-0.1, -0.05) is 35.7 Å². The number of terminal acetylenes is 1. The third-order valence-electron chi connectivity index (χ3n) is 3.98. The predicted molar refractivity (Wildman–Crippen MR) is 91.1 cm³/mol. The Hall–Kier alpha value is -1.38. The van der Waals surface area contributed by atoms with Crippen LogP contribution in [0.5, 0.6) is 0 Å². The third kappa shape index (κ3) is 6.72. The van der Waals surface area contributed by atoms with E-state index in [-0.39, 0.29) is 19.3 Å². The Bertz CT molecular complexity index is 488. The van der Waals surface area contributed by atoms with Crippen molar-refractivity contribution in [2.24, 2.45) is 0 Å². The van der Waals surface area contributed by atoms with Crippen LogP contribution in [0.15, 0.2) is 24.3 Å². The Morgan fingerprint density at radius 2 is 2.22 bits per heavy atom. The van der Waals surface area contributed by atoms with E-state index in [1.807, 2.05) is 0 Å². The highest BCUT2D eigenvalue weighted by Gasteiger charge is 2.21. The maximum absolute atomic E-state index is 10.2. The second-order valence-electron chi connectivity index (χ2n) is 6.19. The van der Waals surface area contributed by atoms with Crippen LogP contribution in [0.4, 0.5) is 0 Å². The van der Waals surface area contributed by atoms with Gasteiger partial charge in [0, 0.05) is 26.2 Å². The fourth-order valence-electron chi connectivity index (χ4n) is 2.84. The van der Waals surface area contributed by atoms with Gasteiger partial charge < -0.3 is 14.6 Å². The van der Waals surface area contributed by atoms with Crippen LogP contribution in [-0.4, -0.2) is 55.1 Å². The summed E-state index contributed by atoms with van der Waals surface area (Å²) in [5.74, 6) is 2.41. The molecule has 0 bridgehead atoms. The number of aliphatic hydroxyl groups excluding tert-OH is 1. The Kier molecular flexibility index (Phi) is 7.57. The lowest BCUT2D eigenvalue weighted by atomic mass is 10.1. The molecule has 4 heteroatoms. The molecule has 0 amide bonds. The fourth-order valence-corrected chi connectivity index (χ4v) is 2.84. The monoisotopic (exact) mass is 317 g/mol. The first-order valence-electron chi connectivity index (χ1n) is 8.26. The number of rotatable bonds is 9. The zero-order valence-corrected chi connectivity index (χ0v) is 13.9. The SMILES string of the molecule is C#CCOCC(O)CN(Cc1ccc(C)cc1)CC1CCCO1. The van der Waals surface area contributed by atoms with E-state index >= 15 is 0 Å². The summed E-state index contributed by atoms with van der Waals surface area (Å²) in [6.07, 6.45) is 7.09. The van der Waals surface area contributed by atoms with Crippen LogP contribution in [0.1, 0.15) is 24.0 Å². The molecule has 126 valence electrons. The molecule has 2 atom stereocenters. The zero-order chi connectivity index (χ0) is 16.5. The van der Waals surface area contributed by atoms with Crippen LogP contribution < -0.4 is 0 Å². The molecule has 1 aromatic rings. The Balaban J connectivity index is 1.90. The molecule has 1 saturated heterocycles. The van der Waals surface area contributed by atoms with Crippen LogP contribution in [0.25, 0.3) is 0 Å². The molecule has 0 aromatic heterocycles. The molecule has 0 aliphatic carbocycles. The van der Waals surface area contributed by atoms with Crippen LogP contribution in [-0.2, 0) is 16.0 Å². The molecule has 0 saturated carbocycles. The number of aryl methyl sites for hydroxylation is 1. The van der Waals surface area contributed by atoms with Gasteiger partial charge in [0.15, 0.2) is 0 Å². The van der Waals surface area contributed by atoms with Gasteiger partial charge >= 0.3 is 0 Å². The van der Waals surface area contributed by atoms with Crippen molar-refractivity contribution in [2.75, 3.05) is 32.9 Å². The second kappa shape index (κ2) is 9.69. The summed E-state index contributed by atoms with van der Waals surface area (Å²) in [5, 5.41) is 10.2. The summed E-state index contributed by atoms with van der Waals surface area (Å²) >= 11 is 0. The largest absolute Gasteiger partial charge is 0.389 e. The van der Waals surface area contributed by atoms with Crippen LogP contribution in [0.2, 0.25) is 0 Å². The van der Waals surface area contributed by atoms with Gasteiger partial charge in [-0.3, -0.25) is 4.90 Å². The first kappa shape index (κ1) is 18.0. The van der Waals surface area contributed by atoms with Gasteiger partial charge in [-0.25, -0.2) is 0 Å². The summed E-state index contributed by atoms with van der Waals surface area (Å²) in [4.78, 5) is 2.24. The standard InChI is InChI=1S/C19H27NO3/c1-3-10-22-15-18(21)13-20(14-19-5-4-11-23-19)12-17-8-6-16(2)7-9-17/h1,6-9,18-19,21H,4-5,10-15H2,2H3. The summed E-state index contributed by atoms with van der Waals surface area (Å²) < 4.78 is 11.0. The van der Waals surface area contributed by atoms with Crippen molar-refractivity contribution in [1.29, 1.82) is 0 Å². The van der Waals surface area contributed by atoms with Crippen LogP contribution >= 0.6 is 0 Å². The van der Waals surface area contributed by atoms with E-state index in [4.69, 9.17) is 15.9 Å². The maximum atomic E-state index is 10.2. The molecule has 23 heavy (non-hydrogen) atoms. The molecule has 1 heterocycles. The lowest BCUT2D eigenvalue weighted by molar-refractivity contribution is 0.00955. The van der Waals surface area contributed by atoms with E-state index in [0.29, 0.717) is 6.54 Å². The average Bonchev–Trinajstić information content (AvgIpc) is 3.03. The minimum absolute atomic E-state index is 0.237. The fraction of sp³-hybridized carbons (Fsp3) is 0.579. The van der Waals surface area contributed by atoms with Crippen molar-refractivity contribution >= 4 is 0 Å². The molecule has 1 aliphatic heterocycles. The first-order chi connectivity index (χ1) is 11.2. The minimum atomic E-state index is -0.546. The van der Waals surface area contributed by atoms with Crippen molar-refractivity contribution in [3.8, 4) is 12.3 Å². The van der Waals surface area contributed by atoms with Crippen molar-refractivity contribution in [1.82, 2.24) is 4.90 Å². The molecule has 1 N–H and O–H groups in total. The average molecular weight is 317 g/mol. The minimum Gasteiger partial charge on any atom is -0.389 e. The maximum Gasteiger partial charge on any atom is 0.107 e. The van der Waals surface area contributed by atoms with Gasteiger partial charge in [-0.15, -0.1) is 6.42 Å². The smallest absolute Gasteiger partial charge is 0.107 e. The molecule has 0 radical (unpaired) electrons. The van der Waals surface area contributed by atoms with E-state index in [9.17, 15) is 5.11 Å². The molecule has 1 fully saturated rings. The summed E-state index contributed by atoms with van der Waals surface area (Å²) in [6.45, 7) is 5.61. The molecule has 4 nitrogen and oxygen atoms in total. The van der Waals surface area contributed by atoms with E-state index < -0.39 is 6.10 Å². The number of ether oxygens (including phenoxy) is 2. The molecular weight excluding hydrogens is 290 g/mol. The van der Waals surface area contributed by atoms with Gasteiger partial charge in [0.05, 0.1) is 18.8 Å². The third-order valence-corrected chi connectivity index (χ3v) is 3.98. The Labute approximate surface area is 139 Å². The normalized spacial score (nSPS) is 19.0. The van der Waals surface area contributed by atoms with E-state index in [1.165, 1.54) is 11.1 Å². The highest BCUT2D eigenvalue weighted by Crippen LogP contribution is 2.16. The number of benzene rings is 1. The van der Waals surface area contributed by atoms with Crippen molar-refractivity contribution in [2.45, 2.75) is 38.5 Å². The molecule has 1 aromatic carbocycles. The van der Waals surface area contributed by atoms with Crippen LogP contribution in [0.3, 0.4) is 0 Å². The highest BCUT2D eigenvalue weighted by molar-refractivity contribution is 5.21. The summed E-state index contributed by atoms with van der Waals surface area (Å²) in [6, 6.07) is 8.51. The Morgan fingerprint density at radius 1 is 1.43 bits per heavy atom. The molecule has 1 aliphatic rings. The first-order valence-corrected chi connectivity index (χ1v) is 8.26. The lowest BCUT2D eigenvalue weighted by Crippen LogP contribution is -2.39. The zero-order valence-electron chi connectivity index (χ0n) is 13.9. The van der Waals surface area contributed by atoms with E-state index in [1.54, 1.807) is 0 Å². The molecule has 2 rings (SSSR count). The van der Waals surface area contributed by atoms with Crippen molar-refractivity contribution in [3.05, 3.63) is 35.4 Å².